The lowest BCUT2D eigenvalue weighted by atomic mass is 10.0. The van der Waals surface area contributed by atoms with E-state index >= 15 is 0 Å². The molecule has 0 bridgehead atoms. The molecule has 1 saturated heterocycles. The highest BCUT2D eigenvalue weighted by Gasteiger charge is 2.52. The topological polar surface area (TPSA) is 126 Å². The van der Waals surface area contributed by atoms with Gasteiger partial charge in [0.15, 0.2) is 20.5 Å². The number of nitrogens with one attached hydrogen (secondary N) is 2. The Bertz CT molecular complexity index is 868. The average Bonchev–Trinajstić information content (AvgIpc) is 3.57. The van der Waals surface area contributed by atoms with E-state index in [0.717, 1.165) is 18.4 Å². The summed E-state index contributed by atoms with van der Waals surface area (Å²) in [5.74, 6) is -1.34. The zero-order valence-corrected chi connectivity index (χ0v) is 22.7. The summed E-state index contributed by atoms with van der Waals surface area (Å²) >= 11 is 0. The molecule has 1 aliphatic rings. The maximum Gasteiger partial charge on any atom is 0.338 e. The third-order valence-corrected chi connectivity index (χ3v) is 11.0. The van der Waals surface area contributed by atoms with Crippen LogP contribution in [0.15, 0.2) is 24.3 Å². The molecule has 1 heterocycles. The van der Waals surface area contributed by atoms with Gasteiger partial charge >= 0.3 is 5.97 Å². The Balaban J connectivity index is 1.87. The standard InChI is InChI=1S/C25H40N2O7Si/c1-7-32-24(31)21-20(34-21)23(30)27-19(16-17-10-12-18(28)13-11-17)22(29)26-14-8-9-15-33-35(5,6)25(2,3)4/h10-13,19-21,28H,7-9,14-16H2,1-6H3,(H,26,29)(H,27,30)/t19-,20-,21-/m0/s1. The summed E-state index contributed by atoms with van der Waals surface area (Å²) in [4.78, 5) is 37.3. The van der Waals surface area contributed by atoms with Crippen molar-refractivity contribution in [3.8, 4) is 5.75 Å². The summed E-state index contributed by atoms with van der Waals surface area (Å²) in [7, 11) is -1.79. The first-order valence-electron chi connectivity index (χ1n) is 12.2. The zero-order valence-electron chi connectivity index (χ0n) is 21.7. The molecular formula is C25H40N2O7Si. The van der Waals surface area contributed by atoms with Gasteiger partial charge in [-0.05, 0) is 55.6 Å². The summed E-state index contributed by atoms with van der Waals surface area (Å²) in [6.07, 6.45) is -0.108. The van der Waals surface area contributed by atoms with E-state index in [9.17, 15) is 19.5 Å². The van der Waals surface area contributed by atoms with Gasteiger partial charge in [0.1, 0.15) is 11.8 Å². The van der Waals surface area contributed by atoms with Crippen molar-refractivity contribution in [3.05, 3.63) is 29.8 Å². The molecule has 3 atom stereocenters. The molecule has 1 aliphatic heterocycles. The van der Waals surface area contributed by atoms with Crippen molar-refractivity contribution in [1.82, 2.24) is 10.6 Å². The predicted octanol–water partition coefficient (Wildman–Crippen LogP) is 2.67. The van der Waals surface area contributed by atoms with Crippen molar-refractivity contribution in [2.75, 3.05) is 19.8 Å². The minimum atomic E-state index is -1.79. The van der Waals surface area contributed by atoms with Gasteiger partial charge in [-0.15, -0.1) is 0 Å². The first-order valence-corrected chi connectivity index (χ1v) is 15.1. The molecule has 9 nitrogen and oxygen atoms in total. The number of phenolic OH excluding ortho intramolecular Hbond substituents is 1. The fraction of sp³-hybridized carbons (Fsp3) is 0.640. The quantitative estimate of drug-likeness (QED) is 0.162. The minimum absolute atomic E-state index is 0.113. The van der Waals surface area contributed by atoms with Crippen molar-refractivity contribution in [1.29, 1.82) is 0 Å². The molecule has 1 fully saturated rings. The summed E-state index contributed by atoms with van der Waals surface area (Å²) < 4.78 is 16.2. The number of carbonyl (C=O) groups excluding carboxylic acids is 3. The van der Waals surface area contributed by atoms with Crippen molar-refractivity contribution < 1.29 is 33.4 Å². The van der Waals surface area contributed by atoms with Crippen LogP contribution in [0.3, 0.4) is 0 Å². The number of aromatic hydroxyl groups is 1. The molecule has 0 spiro atoms. The maximum atomic E-state index is 12.9. The highest BCUT2D eigenvalue weighted by molar-refractivity contribution is 6.74. The van der Waals surface area contributed by atoms with Gasteiger partial charge in [-0.25, -0.2) is 4.79 Å². The van der Waals surface area contributed by atoms with E-state index in [0.29, 0.717) is 13.2 Å². The van der Waals surface area contributed by atoms with Gasteiger partial charge in [-0.3, -0.25) is 9.59 Å². The molecule has 196 valence electrons. The van der Waals surface area contributed by atoms with E-state index in [1.165, 1.54) is 12.1 Å². The zero-order chi connectivity index (χ0) is 26.2. The van der Waals surface area contributed by atoms with Crippen LogP contribution in [0.25, 0.3) is 0 Å². The van der Waals surface area contributed by atoms with Crippen molar-refractivity contribution >= 4 is 26.1 Å². The molecule has 1 aromatic carbocycles. The molecule has 2 rings (SSSR count). The maximum absolute atomic E-state index is 12.9. The van der Waals surface area contributed by atoms with Crippen molar-refractivity contribution in [2.24, 2.45) is 0 Å². The molecule has 0 saturated carbocycles. The van der Waals surface area contributed by atoms with Crippen LogP contribution in [0.4, 0.5) is 0 Å². The fourth-order valence-corrected chi connectivity index (χ4v) is 4.24. The molecule has 0 unspecified atom stereocenters. The minimum Gasteiger partial charge on any atom is -0.508 e. The largest absolute Gasteiger partial charge is 0.508 e. The van der Waals surface area contributed by atoms with Gasteiger partial charge < -0.3 is 29.6 Å². The number of ether oxygens (including phenoxy) is 2. The number of rotatable bonds is 13. The summed E-state index contributed by atoms with van der Waals surface area (Å²) in [6, 6.07) is 5.57. The molecule has 0 aromatic heterocycles. The third kappa shape index (κ3) is 8.94. The number of benzene rings is 1. The summed E-state index contributed by atoms with van der Waals surface area (Å²) in [5, 5.41) is 15.2. The van der Waals surface area contributed by atoms with E-state index in [-0.39, 0.29) is 29.7 Å². The molecule has 1 aromatic rings. The molecular weight excluding hydrogens is 468 g/mol. The number of epoxide rings is 1. The van der Waals surface area contributed by atoms with Crippen LogP contribution in [0.1, 0.15) is 46.1 Å². The fourth-order valence-electron chi connectivity index (χ4n) is 3.15. The van der Waals surface area contributed by atoms with E-state index in [2.05, 4.69) is 44.5 Å². The third-order valence-electron chi connectivity index (χ3n) is 6.42. The number of unbranched alkanes of at least 4 members (excludes halogenated alkanes) is 1. The Kier molecular flexibility index (Phi) is 10.3. The second kappa shape index (κ2) is 12.5. The van der Waals surface area contributed by atoms with Crippen molar-refractivity contribution in [2.45, 2.75) is 83.3 Å². The normalized spacial score (nSPS) is 18.5. The van der Waals surface area contributed by atoms with Gasteiger partial charge in [0.25, 0.3) is 5.91 Å². The molecule has 10 heteroatoms. The summed E-state index contributed by atoms with van der Waals surface area (Å²) in [6.45, 7) is 14.0. The average molecular weight is 509 g/mol. The van der Waals surface area contributed by atoms with Crippen LogP contribution in [0, 0.1) is 0 Å². The Morgan fingerprint density at radius 3 is 2.37 bits per heavy atom. The van der Waals surface area contributed by atoms with Crippen LogP contribution in [0.2, 0.25) is 18.1 Å². The van der Waals surface area contributed by atoms with Crippen LogP contribution >= 0.6 is 0 Å². The molecule has 3 N–H and O–H groups in total. The highest BCUT2D eigenvalue weighted by Crippen LogP contribution is 2.36. The first-order chi connectivity index (χ1) is 16.4. The van der Waals surface area contributed by atoms with Gasteiger partial charge in [0.2, 0.25) is 5.91 Å². The Morgan fingerprint density at radius 2 is 1.77 bits per heavy atom. The number of phenols is 1. The van der Waals surface area contributed by atoms with Gasteiger partial charge in [-0.2, -0.15) is 0 Å². The second-order valence-electron chi connectivity index (χ2n) is 10.3. The molecule has 35 heavy (non-hydrogen) atoms. The number of hydrogen-bond acceptors (Lipinski definition) is 7. The monoisotopic (exact) mass is 508 g/mol. The van der Waals surface area contributed by atoms with Gasteiger partial charge in [-0.1, -0.05) is 32.9 Å². The lowest BCUT2D eigenvalue weighted by Crippen LogP contribution is -2.49. The van der Waals surface area contributed by atoms with Crippen LogP contribution in [-0.2, 0) is 34.7 Å². The summed E-state index contributed by atoms with van der Waals surface area (Å²) in [5.41, 5.74) is 0.768. The molecule has 0 aliphatic carbocycles. The van der Waals surface area contributed by atoms with Crippen LogP contribution in [0.5, 0.6) is 5.75 Å². The Morgan fingerprint density at radius 1 is 1.11 bits per heavy atom. The lowest BCUT2D eigenvalue weighted by Gasteiger charge is -2.36. The molecule has 2 amide bonds. The Hall–Kier alpha value is -2.43. The number of hydrogen-bond donors (Lipinski definition) is 3. The van der Waals surface area contributed by atoms with E-state index in [1.807, 2.05) is 0 Å². The predicted molar refractivity (Wildman–Crippen MR) is 134 cm³/mol. The van der Waals surface area contributed by atoms with Crippen LogP contribution in [-0.4, -0.2) is 69.2 Å². The smallest absolute Gasteiger partial charge is 0.338 e. The van der Waals surface area contributed by atoms with E-state index < -0.39 is 38.4 Å². The number of esters is 1. The van der Waals surface area contributed by atoms with Gasteiger partial charge in [0, 0.05) is 19.6 Å². The first kappa shape index (κ1) is 28.8. The Labute approximate surface area is 209 Å². The highest BCUT2D eigenvalue weighted by atomic mass is 28.4. The van der Waals surface area contributed by atoms with Gasteiger partial charge in [0.05, 0.1) is 6.61 Å². The lowest BCUT2D eigenvalue weighted by molar-refractivity contribution is -0.144. The number of carbonyl (C=O) groups is 3. The molecule has 0 radical (unpaired) electrons. The van der Waals surface area contributed by atoms with E-state index in [1.54, 1.807) is 19.1 Å². The van der Waals surface area contributed by atoms with E-state index in [4.69, 9.17) is 13.9 Å². The van der Waals surface area contributed by atoms with Crippen molar-refractivity contribution in [3.63, 3.8) is 0 Å². The van der Waals surface area contributed by atoms with Crippen LogP contribution < -0.4 is 10.6 Å². The number of amides is 2. The SMILES string of the molecule is CCOC(=O)[C@H]1O[C@@H]1C(=O)N[C@@H](Cc1ccc(O)cc1)C(=O)NCCCCO[Si](C)(C)C(C)(C)C. The second-order valence-corrected chi connectivity index (χ2v) is 15.1.